The van der Waals surface area contributed by atoms with Crippen LogP contribution in [0.25, 0.3) is 11.1 Å². The molecule has 3 aromatic rings. The maximum atomic E-state index is 13.0. The maximum absolute atomic E-state index is 13.0. The summed E-state index contributed by atoms with van der Waals surface area (Å²) in [5, 5.41) is 8.94. The lowest BCUT2D eigenvalue weighted by molar-refractivity contribution is -0.140. The number of esters is 3. The van der Waals surface area contributed by atoms with Gasteiger partial charge in [0.25, 0.3) is 0 Å². The van der Waals surface area contributed by atoms with Gasteiger partial charge in [0.1, 0.15) is 30.5 Å². The van der Waals surface area contributed by atoms with Crippen LogP contribution in [0, 0.1) is 0 Å². The van der Waals surface area contributed by atoms with E-state index in [9.17, 15) is 14.4 Å². The van der Waals surface area contributed by atoms with Crippen LogP contribution >= 0.6 is 0 Å². The molecule has 9 nitrogen and oxygen atoms in total. The zero-order valence-corrected chi connectivity index (χ0v) is 24.0. The Kier molecular flexibility index (Phi) is 10.7. The largest absolute Gasteiger partial charge is 0.494 e. The summed E-state index contributed by atoms with van der Waals surface area (Å²) in [6.07, 6.45) is 2.53. The number of rotatable bonds is 15. The topological polar surface area (TPSA) is 118 Å². The van der Waals surface area contributed by atoms with Gasteiger partial charge >= 0.3 is 17.9 Å². The molecule has 0 radical (unpaired) electrons. The molecule has 224 valence electrons. The van der Waals surface area contributed by atoms with Crippen LogP contribution in [-0.2, 0) is 19.1 Å². The molecule has 1 aliphatic rings. The molecule has 1 atom stereocenters. The number of aliphatic hydroxyl groups excluding tert-OH is 1. The Bertz CT molecular complexity index is 1490. The first-order valence-electron chi connectivity index (χ1n) is 13.9. The van der Waals surface area contributed by atoms with Crippen molar-refractivity contribution in [2.75, 3.05) is 33.0 Å². The Hall–Kier alpha value is -4.89. The highest BCUT2D eigenvalue weighted by molar-refractivity contribution is 5.93. The van der Waals surface area contributed by atoms with Crippen molar-refractivity contribution in [3.8, 4) is 28.4 Å². The van der Waals surface area contributed by atoms with Gasteiger partial charge in [-0.1, -0.05) is 32.2 Å². The average molecular weight is 587 g/mol. The van der Waals surface area contributed by atoms with Gasteiger partial charge in [0.05, 0.1) is 31.0 Å². The summed E-state index contributed by atoms with van der Waals surface area (Å²) < 4.78 is 27.0. The summed E-state index contributed by atoms with van der Waals surface area (Å²) >= 11 is 0. The highest BCUT2D eigenvalue weighted by Gasteiger charge is 2.27. The average Bonchev–Trinajstić information content (AvgIpc) is 3.31. The van der Waals surface area contributed by atoms with Crippen molar-refractivity contribution in [2.45, 2.75) is 25.7 Å². The maximum Gasteiger partial charge on any atom is 0.343 e. The molecule has 0 spiro atoms. The molecule has 43 heavy (non-hydrogen) atoms. The van der Waals surface area contributed by atoms with Crippen LogP contribution in [0.1, 0.15) is 47.2 Å². The molecule has 3 aromatic carbocycles. The fourth-order valence-electron chi connectivity index (χ4n) is 4.55. The minimum atomic E-state index is -0.654. The highest BCUT2D eigenvalue weighted by atomic mass is 16.6. The fourth-order valence-corrected chi connectivity index (χ4v) is 4.55. The predicted octanol–water partition coefficient (Wildman–Crippen LogP) is 5.40. The van der Waals surface area contributed by atoms with E-state index in [-0.39, 0.29) is 24.7 Å². The van der Waals surface area contributed by atoms with E-state index in [4.69, 9.17) is 28.8 Å². The van der Waals surface area contributed by atoms with E-state index in [1.807, 2.05) is 30.3 Å². The normalized spacial score (nSPS) is 12.8. The van der Waals surface area contributed by atoms with Gasteiger partial charge in [0.2, 0.25) is 0 Å². The number of hydrogen-bond acceptors (Lipinski definition) is 9. The first-order valence-corrected chi connectivity index (χ1v) is 13.9. The van der Waals surface area contributed by atoms with E-state index in [1.54, 1.807) is 30.3 Å². The van der Waals surface area contributed by atoms with Crippen molar-refractivity contribution < 1.29 is 43.2 Å². The van der Waals surface area contributed by atoms with E-state index >= 15 is 0 Å². The third-order valence-electron chi connectivity index (χ3n) is 6.85. The Morgan fingerprint density at radius 3 is 2.14 bits per heavy atom. The number of unbranched alkanes of at least 4 members (excludes halogenated alkanes) is 1. The molecular weight excluding hydrogens is 552 g/mol. The summed E-state index contributed by atoms with van der Waals surface area (Å²) in [6.45, 7) is 9.36. The molecule has 4 rings (SSSR count). The summed E-state index contributed by atoms with van der Waals surface area (Å²) in [4.78, 5) is 35.6. The Morgan fingerprint density at radius 2 is 1.42 bits per heavy atom. The van der Waals surface area contributed by atoms with E-state index in [2.05, 4.69) is 20.1 Å². The number of aliphatic hydroxyl groups is 1. The van der Waals surface area contributed by atoms with E-state index < -0.39 is 24.5 Å². The van der Waals surface area contributed by atoms with Crippen molar-refractivity contribution in [3.63, 3.8) is 0 Å². The van der Waals surface area contributed by atoms with Crippen LogP contribution in [0.5, 0.6) is 17.2 Å². The molecule has 0 saturated heterocycles. The summed E-state index contributed by atoms with van der Waals surface area (Å²) in [6, 6.07) is 18.1. The molecule has 0 bridgehead atoms. The van der Waals surface area contributed by atoms with Gasteiger partial charge in [0.15, 0.2) is 0 Å². The first-order chi connectivity index (χ1) is 20.8. The number of carbonyl (C=O) groups is 3. The highest BCUT2D eigenvalue weighted by Crippen LogP contribution is 2.46. The second-order valence-corrected chi connectivity index (χ2v) is 9.81. The van der Waals surface area contributed by atoms with E-state index in [0.29, 0.717) is 42.4 Å². The monoisotopic (exact) mass is 586 g/mol. The lowest BCUT2D eigenvalue weighted by Gasteiger charge is -2.11. The standard InChI is InChI=1S/C34H34O9/c1-4-32(36)41-16-6-5-15-39-25-8-10-26(11-9-25)43-34(38)24-7-13-28-29-14-12-27(20-31(29)23(3)30(28)19-24)40-17-18-42-33(37)22(2)21-35/h4,7-14,19-20,23,35H,1-2,5-6,15-18,21H2,3H3. The van der Waals surface area contributed by atoms with Gasteiger partial charge in [-0.25, -0.2) is 14.4 Å². The summed E-state index contributed by atoms with van der Waals surface area (Å²) in [5.74, 6) is 0.152. The Morgan fingerprint density at radius 1 is 0.791 bits per heavy atom. The summed E-state index contributed by atoms with van der Waals surface area (Å²) in [7, 11) is 0. The first kappa shape index (κ1) is 31.1. The zero-order chi connectivity index (χ0) is 30.8. The number of ether oxygens (including phenoxy) is 5. The van der Waals surface area contributed by atoms with Crippen molar-refractivity contribution >= 4 is 17.9 Å². The van der Waals surface area contributed by atoms with Gasteiger partial charge in [-0.3, -0.25) is 0 Å². The second-order valence-electron chi connectivity index (χ2n) is 9.81. The van der Waals surface area contributed by atoms with Gasteiger partial charge < -0.3 is 28.8 Å². The number of benzene rings is 3. The smallest absolute Gasteiger partial charge is 0.343 e. The molecule has 0 fully saturated rings. The molecule has 0 aliphatic heterocycles. The lowest BCUT2D eigenvalue weighted by atomic mass is 9.98. The Labute approximate surface area is 250 Å². The van der Waals surface area contributed by atoms with Crippen LogP contribution in [0.2, 0.25) is 0 Å². The number of fused-ring (bicyclic) bond motifs is 3. The van der Waals surface area contributed by atoms with Crippen LogP contribution in [0.15, 0.2) is 85.5 Å². The molecule has 1 N–H and O–H groups in total. The lowest BCUT2D eigenvalue weighted by Crippen LogP contribution is -2.15. The second kappa shape index (κ2) is 14.8. The van der Waals surface area contributed by atoms with Gasteiger partial charge in [-0.15, -0.1) is 0 Å². The van der Waals surface area contributed by atoms with Gasteiger partial charge in [-0.05, 0) is 83.6 Å². The minimum absolute atomic E-state index is 0.00906. The van der Waals surface area contributed by atoms with Crippen molar-refractivity contribution in [1.29, 1.82) is 0 Å². The molecule has 0 saturated carbocycles. The number of carbonyl (C=O) groups excluding carboxylic acids is 3. The van der Waals surface area contributed by atoms with Crippen LogP contribution in [-0.4, -0.2) is 56.0 Å². The number of hydrogen-bond donors (Lipinski definition) is 1. The molecule has 9 heteroatoms. The van der Waals surface area contributed by atoms with Gasteiger partial charge in [0, 0.05) is 12.0 Å². The predicted molar refractivity (Wildman–Crippen MR) is 159 cm³/mol. The Balaban J connectivity index is 1.28. The molecular formula is C34H34O9. The molecule has 0 heterocycles. The minimum Gasteiger partial charge on any atom is -0.494 e. The zero-order valence-electron chi connectivity index (χ0n) is 24.0. The van der Waals surface area contributed by atoms with Crippen molar-refractivity contribution in [1.82, 2.24) is 0 Å². The van der Waals surface area contributed by atoms with Crippen LogP contribution in [0.4, 0.5) is 0 Å². The van der Waals surface area contributed by atoms with Gasteiger partial charge in [-0.2, -0.15) is 0 Å². The van der Waals surface area contributed by atoms with Crippen molar-refractivity contribution in [2.24, 2.45) is 0 Å². The molecule has 0 amide bonds. The van der Waals surface area contributed by atoms with E-state index in [1.165, 1.54) is 0 Å². The van der Waals surface area contributed by atoms with Crippen molar-refractivity contribution in [3.05, 3.63) is 102 Å². The third kappa shape index (κ3) is 8.11. The molecule has 1 aliphatic carbocycles. The SMILES string of the molecule is C=CC(=O)OCCCCOc1ccc(OC(=O)c2ccc3c(c2)C(C)c2cc(OCCOC(=O)C(=C)CO)ccc2-3)cc1. The molecule has 1 unspecified atom stereocenters. The van der Waals surface area contributed by atoms with Crippen LogP contribution < -0.4 is 14.2 Å². The third-order valence-corrected chi connectivity index (χ3v) is 6.85. The quantitative estimate of drug-likeness (QED) is 0.108. The van der Waals surface area contributed by atoms with E-state index in [0.717, 1.165) is 34.8 Å². The van der Waals surface area contributed by atoms with Crippen LogP contribution in [0.3, 0.4) is 0 Å². The molecule has 0 aromatic heterocycles. The summed E-state index contributed by atoms with van der Waals surface area (Å²) in [5.41, 5.74) is 4.62. The fraction of sp³-hybridized carbons (Fsp3) is 0.265.